The zero-order valence-electron chi connectivity index (χ0n) is 9.27. The van der Waals surface area contributed by atoms with Crippen molar-refractivity contribution in [3.63, 3.8) is 0 Å². The number of hydrogen-bond donors (Lipinski definition) is 0. The van der Waals surface area contributed by atoms with Gasteiger partial charge in [0, 0.05) is 10.6 Å². The lowest BCUT2D eigenvalue weighted by Crippen LogP contribution is -1.94. The number of hydrogen-bond acceptors (Lipinski definition) is 3. The van der Waals surface area contributed by atoms with E-state index in [0.29, 0.717) is 16.5 Å². The molecule has 0 unspecified atom stereocenters. The van der Waals surface area contributed by atoms with E-state index in [4.69, 9.17) is 16.3 Å². The van der Waals surface area contributed by atoms with Crippen molar-refractivity contribution >= 4 is 28.7 Å². The molecule has 88 valence electrons. The lowest BCUT2D eigenvalue weighted by Gasteiger charge is -2.04. The van der Waals surface area contributed by atoms with Gasteiger partial charge in [-0.1, -0.05) is 41.1 Å². The van der Waals surface area contributed by atoms with E-state index < -0.39 is 0 Å². The molecule has 0 amide bonds. The summed E-state index contributed by atoms with van der Waals surface area (Å²) in [6.45, 7) is 1.96. The quantitative estimate of drug-likeness (QED) is 0.776. The van der Waals surface area contributed by atoms with Crippen LogP contribution in [-0.2, 0) is 6.61 Å². The number of rotatable bonds is 4. The molecule has 1 aromatic carbocycles. The average Bonchev–Trinajstić information content (AvgIpc) is 2.77. The molecule has 4 heteroatoms. The van der Waals surface area contributed by atoms with Gasteiger partial charge in [0.1, 0.15) is 6.61 Å². The van der Waals surface area contributed by atoms with Crippen LogP contribution in [0.3, 0.4) is 0 Å². The molecule has 2 rings (SSSR count). The fourth-order valence-electron chi connectivity index (χ4n) is 1.35. The Hall–Kier alpha value is -1.32. The van der Waals surface area contributed by atoms with Crippen LogP contribution in [-0.4, -0.2) is 5.78 Å². The van der Waals surface area contributed by atoms with Gasteiger partial charge in [0.05, 0.1) is 4.88 Å². The molecule has 0 radical (unpaired) electrons. The Morgan fingerprint density at radius 3 is 2.71 bits per heavy atom. The third kappa shape index (κ3) is 3.08. The maximum Gasteiger partial charge on any atom is 0.174 e. The molecule has 0 bridgehead atoms. The molecular weight excluding hydrogens is 256 g/mol. The molecule has 0 aliphatic heterocycles. The van der Waals surface area contributed by atoms with Crippen molar-refractivity contribution in [3.8, 4) is 5.06 Å². The van der Waals surface area contributed by atoms with E-state index in [9.17, 15) is 4.79 Å². The first-order valence-corrected chi connectivity index (χ1v) is 6.33. The SMILES string of the molecule is CC(=O)c1ccc(OCc2ccccc2Cl)s1. The van der Waals surface area contributed by atoms with Crippen LogP contribution in [0, 0.1) is 0 Å². The number of benzene rings is 1. The van der Waals surface area contributed by atoms with Crippen molar-refractivity contribution in [1.82, 2.24) is 0 Å². The van der Waals surface area contributed by atoms with Crippen LogP contribution in [0.5, 0.6) is 5.06 Å². The van der Waals surface area contributed by atoms with E-state index in [-0.39, 0.29) is 5.78 Å². The molecule has 0 aliphatic carbocycles. The summed E-state index contributed by atoms with van der Waals surface area (Å²) in [5.41, 5.74) is 0.937. The van der Waals surface area contributed by atoms with Gasteiger partial charge in [-0.15, -0.1) is 0 Å². The summed E-state index contributed by atoms with van der Waals surface area (Å²) in [7, 11) is 0. The van der Waals surface area contributed by atoms with Crippen molar-refractivity contribution in [1.29, 1.82) is 0 Å². The summed E-state index contributed by atoms with van der Waals surface area (Å²) in [6.07, 6.45) is 0. The van der Waals surface area contributed by atoms with Crippen LogP contribution >= 0.6 is 22.9 Å². The molecule has 0 fully saturated rings. The van der Waals surface area contributed by atoms with Gasteiger partial charge in [0.25, 0.3) is 0 Å². The summed E-state index contributed by atoms with van der Waals surface area (Å²) < 4.78 is 5.59. The second-order valence-corrected chi connectivity index (χ2v) is 5.01. The second kappa shape index (κ2) is 5.34. The Balaban J connectivity index is 2.02. The first kappa shape index (κ1) is 12.1. The minimum Gasteiger partial charge on any atom is -0.479 e. The van der Waals surface area contributed by atoms with E-state index in [1.54, 1.807) is 19.1 Å². The van der Waals surface area contributed by atoms with Crippen LogP contribution < -0.4 is 4.74 Å². The minimum atomic E-state index is 0.0580. The van der Waals surface area contributed by atoms with Gasteiger partial charge < -0.3 is 4.74 Å². The number of halogens is 1. The highest BCUT2D eigenvalue weighted by molar-refractivity contribution is 7.15. The molecule has 1 aromatic heterocycles. The van der Waals surface area contributed by atoms with E-state index >= 15 is 0 Å². The number of ketones is 1. The molecule has 2 nitrogen and oxygen atoms in total. The molecule has 0 saturated heterocycles. The standard InChI is InChI=1S/C13H11ClO2S/c1-9(15)12-6-7-13(17-12)16-8-10-4-2-3-5-11(10)14/h2-7H,8H2,1H3. The summed E-state index contributed by atoms with van der Waals surface area (Å²) in [6, 6.07) is 11.1. The van der Waals surface area contributed by atoms with Gasteiger partial charge in [0.15, 0.2) is 10.8 Å². The Morgan fingerprint density at radius 2 is 2.06 bits per heavy atom. The van der Waals surface area contributed by atoms with Gasteiger partial charge in [-0.05, 0) is 25.1 Å². The maximum atomic E-state index is 11.1. The highest BCUT2D eigenvalue weighted by Gasteiger charge is 2.06. The molecule has 0 atom stereocenters. The minimum absolute atomic E-state index is 0.0580. The number of carbonyl (C=O) groups is 1. The van der Waals surface area contributed by atoms with Gasteiger partial charge in [-0.2, -0.15) is 0 Å². The van der Waals surface area contributed by atoms with Crippen molar-refractivity contribution in [2.75, 3.05) is 0 Å². The average molecular weight is 267 g/mol. The molecule has 2 aromatic rings. The molecule has 0 spiro atoms. The van der Waals surface area contributed by atoms with Crippen LogP contribution in [0.15, 0.2) is 36.4 Å². The van der Waals surface area contributed by atoms with Crippen LogP contribution in [0.25, 0.3) is 0 Å². The molecule has 0 aliphatic rings. The zero-order chi connectivity index (χ0) is 12.3. The Labute approximate surface area is 109 Å². The van der Waals surface area contributed by atoms with Crippen LogP contribution in [0.1, 0.15) is 22.2 Å². The molecule has 17 heavy (non-hydrogen) atoms. The molecular formula is C13H11ClO2S. The number of thiophene rings is 1. The summed E-state index contributed by atoms with van der Waals surface area (Å²) in [5.74, 6) is 0.0580. The molecule has 0 N–H and O–H groups in total. The second-order valence-electron chi connectivity index (χ2n) is 3.55. The Bertz CT molecular complexity index is 534. The van der Waals surface area contributed by atoms with Crippen molar-refractivity contribution in [2.24, 2.45) is 0 Å². The predicted octanol–water partition coefficient (Wildman–Crippen LogP) is 4.18. The van der Waals surface area contributed by atoms with Crippen molar-refractivity contribution < 1.29 is 9.53 Å². The predicted molar refractivity (Wildman–Crippen MR) is 70.1 cm³/mol. The highest BCUT2D eigenvalue weighted by Crippen LogP contribution is 2.26. The van der Waals surface area contributed by atoms with Crippen molar-refractivity contribution in [2.45, 2.75) is 13.5 Å². The zero-order valence-corrected chi connectivity index (χ0v) is 10.8. The smallest absolute Gasteiger partial charge is 0.174 e. The Morgan fingerprint density at radius 1 is 1.29 bits per heavy atom. The maximum absolute atomic E-state index is 11.1. The van der Waals surface area contributed by atoms with Gasteiger partial charge in [0.2, 0.25) is 0 Å². The fourth-order valence-corrected chi connectivity index (χ4v) is 2.29. The third-order valence-corrected chi connectivity index (χ3v) is 3.72. The van der Waals surface area contributed by atoms with E-state index in [1.807, 2.05) is 24.3 Å². The first-order valence-electron chi connectivity index (χ1n) is 5.14. The molecule has 1 heterocycles. The largest absolute Gasteiger partial charge is 0.479 e. The van der Waals surface area contributed by atoms with Gasteiger partial charge >= 0.3 is 0 Å². The lowest BCUT2D eigenvalue weighted by molar-refractivity contribution is 0.102. The van der Waals surface area contributed by atoms with E-state index in [1.165, 1.54) is 11.3 Å². The Kier molecular flexibility index (Phi) is 3.82. The number of carbonyl (C=O) groups excluding carboxylic acids is 1. The fraction of sp³-hybridized carbons (Fsp3) is 0.154. The summed E-state index contributed by atoms with van der Waals surface area (Å²) in [5, 5.41) is 1.42. The summed E-state index contributed by atoms with van der Waals surface area (Å²) in [4.78, 5) is 11.8. The highest BCUT2D eigenvalue weighted by atomic mass is 35.5. The van der Waals surface area contributed by atoms with E-state index in [0.717, 1.165) is 10.6 Å². The topological polar surface area (TPSA) is 26.3 Å². The number of ether oxygens (including phenoxy) is 1. The van der Waals surface area contributed by atoms with Crippen molar-refractivity contribution in [3.05, 3.63) is 51.9 Å². The first-order chi connectivity index (χ1) is 8.16. The van der Waals surface area contributed by atoms with Crippen LogP contribution in [0.2, 0.25) is 5.02 Å². The third-order valence-electron chi connectivity index (χ3n) is 2.26. The lowest BCUT2D eigenvalue weighted by atomic mass is 10.2. The van der Waals surface area contributed by atoms with E-state index in [2.05, 4.69) is 0 Å². The molecule has 0 saturated carbocycles. The number of Topliss-reactive ketones (excluding diaryl/α,β-unsaturated/α-hetero) is 1. The monoisotopic (exact) mass is 266 g/mol. The van der Waals surface area contributed by atoms with Gasteiger partial charge in [-0.3, -0.25) is 4.79 Å². The van der Waals surface area contributed by atoms with Crippen LogP contribution in [0.4, 0.5) is 0 Å². The van der Waals surface area contributed by atoms with Gasteiger partial charge in [-0.25, -0.2) is 0 Å². The summed E-state index contributed by atoms with van der Waals surface area (Å²) >= 11 is 7.37. The normalized spacial score (nSPS) is 10.2.